The number of aliphatic hydroxyl groups excluding tert-OH is 1. The second-order valence-corrected chi connectivity index (χ2v) is 7.45. The molecule has 0 amide bonds. The summed E-state index contributed by atoms with van der Waals surface area (Å²) in [6.07, 6.45) is 2.99. The monoisotopic (exact) mass is 289 g/mol. The zero-order valence-electron chi connectivity index (χ0n) is 9.70. The van der Waals surface area contributed by atoms with Crippen molar-refractivity contribution in [3.8, 4) is 0 Å². The van der Waals surface area contributed by atoms with Crippen molar-refractivity contribution in [1.82, 2.24) is 4.72 Å². The van der Waals surface area contributed by atoms with Crippen LogP contribution in [0.1, 0.15) is 24.1 Å². The summed E-state index contributed by atoms with van der Waals surface area (Å²) in [6.45, 7) is -0.128. The number of hydrogen-bond donors (Lipinski definition) is 2. The first-order valence-corrected chi connectivity index (χ1v) is 8.31. The number of sulfonamides is 1. The van der Waals surface area contributed by atoms with Crippen LogP contribution in [0.2, 0.25) is 0 Å². The van der Waals surface area contributed by atoms with E-state index in [1.165, 1.54) is 17.4 Å². The van der Waals surface area contributed by atoms with Crippen molar-refractivity contribution in [3.05, 3.63) is 16.3 Å². The lowest BCUT2D eigenvalue weighted by Crippen LogP contribution is -2.41. The molecule has 2 N–H and O–H groups in total. The van der Waals surface area contributed by atoms with Gasteiger partial charge in [-0.2, -0.15) is 0 Å². The van der Waals surface area contributed by atoms with Crippen LogP contribution in [-0.2, 0) is 21.4 Å². The Morgan fingerprint density at radius 1 is 1.50 bits per heavy atom. The van der Waals surface area contributed by atoms with Gasteiger partial charge in [-0.1, -0.05) is 0 Å². The Morgan fingerprint density at radius 2 is 2.33 bits per heavy atom. The van der Waals surface area contributed by atoms with E-state index in [0.29, 0.717) is 4.88 Å². The smallest absolute Gasteiger partial charge is 0.241 e. The highest BCUT2D eigenvalue weighted by Crippen LogP contribution is 2.35. The fraction of sp³-hybridized carbons (Fsp3) is 0.636. The molecule has 2 fully saturated rings. The van der Waals surface area contributed by atoms with E-state index in [9.17, 15) is 8.42 Å². The van der Waals surface area contributed by atoms with Crippen LogP contribution >= 0.6 is 11.3 Å². The molecule has 1 aromatic rings. The molecule has 1 aromatic heterocycles. The van der Waals surface area contributed by atoms with Crippen molar-refractivity contribution in [2.24, 2.45) is 0 Å². The van der Waals surface area contributed by atoms with E-state index >= 15 is 0 Å². The molecule has 7 heteroatoms. The van der Waals surface area contributed by atoms with Gasteiger partial charge in [0.1, 0.15) is 0 Å². The van der Waals surface area contributed by atoms with Crippen molar-refractivity contribution < 1.29 is 18.3 Å². The summed E-state index contributed by atoms with van der Waals surface area (Å²) in [4.78, 5) is 0.888. The molecule has 0 aliphatic carbocycles. The molecular weight excluding hydrogens is 274 g/mol. The standard InChI is InChI=1S/C11H15NO4S2/c13-5-8-4-9(6-17-8)18(14,15)12-10-3-7-1-2-11(10)16-7/h4,6-7,10-13H,1-3,5H2. The summed E-state index contributed by atoms with van der Waals surface area (Å²) in [5, 5.41) is 10.5. The maximum atomic E-state index is 12.2. The van der Waals surface area contributed by atoms with Gasteiger partial charge in [0, 0.05) is 10.3 Å². The molecule has 0 aromatic carbocycles. The maximum Gasteiger partial charge on any atom is 0.241 e. The highest BCUT2D eigenvalue weighted by molar-refractivity contribution is 7.89. The summed E-state index contributed by atoms with van der Waals surface area (Å²) in [5.74, 6) is 0. The van der Waals surface area contributed by atoms with Crippen molar-refractivity contribution in [2.75, 3.05) is 0 Å². The molecule has 2 saturated heterocycles. The number of aliphatic hydroxyl groups is 1. The Balaban J connectivity index is 1.75. The number of nitrogens with one attached hydrogen (secondary N) is 1. The lowest BCUT2D eigenvalue weighted by molar-refractivity contribution is 0.0996. The van der Waals surface area contributed by atoms with Crippen molar-refractivity contribution in [3.63, 3.8) is 0 Å². The van der Waals surface area contributed by atoms with Gasteiger partial charge >= 0.3 is 0 Å². The third-order valence-electron chi connectivity index (χ3n) is 3.51. The number of rotatable bonds is 4. The van der Waals surface area contributed by atoms with Crippen LogP contribution in [0.4, 0.5) is 0 Å². The van der Waals surface area contributed by atoms with Crippen molar-refractivity contribution in [2.45, 2.75) is 49.0 Å². The minimum Gasteiger partial charge on any atom is -0.391 e. The SMILES string of the molecule is O=S(=O)(NC1CC2CCC1O2)c1csc(CO)c1. The van der Waals surface area contributed by atoms with Gasteiger partial charge in [0.15, 0.2) is 0 Å². The van der Waals surface area contributed by atoms with E-state index in [4.69, 9.17) is 9.84 Å². The Bertz CT molecular complexity index is 539. The van der Waals surface area contributed by atoms with Crippen LogP contribution in [0.15, 0.2) is 16.3 Å². The Kier molecular flexibility index (Phi) is 3.19. The van der Waals surface area contributed by atoms with E-state index in [2.05, 4.69) is 4.72 Å². The summed E-state index contributed by atoms with van der Waals surface area (Å²) in [7, 11) is -3.49. The molecule has 3 atom stereocenters. The van der Waals surface area contributed by atoms with E-state index in [0.717, 1.165) is 19.3 Å². The van der Waals surface area contributed by atoms with Gasteiger partial charge in [0.2, 0.25) is 10.0 Å². The van der Waals surface area contributed by atoms with Crippen LogP contribution in [0.5, 0.6) is 0 Å². The second kappa shape index (κ2) is 4.57. The zero-order chi connectivity index (χ0) is 12.8. The first-order valence-electron chi connectivity index (χ1n) is 5.94. The molecule has 3 unspecified atom stereocenters. The summed E-state index contributed by atoms with van der Waals surface area (Å²) >= 11 is 1.25. The van der Waals surface area contributed by atoms with E-state index < -0.39 is 10.0 Å². The molecule has 100 valence electrons. The minimum atomic E-state index is -3.49. The van der Waals surface area contributed by atoms with E-state index in [-0.39, 0.29) is 29.8 Å². The lowest BCUT2D eigenvalue weighted by Gasteiger charge is -2.19. The average Bonchev–Trinajstić information content (AvgIpc) is 3.04. The third-order valence-corrected chi connectivity index (χ3v) is 6.05. The first-order chi connectivity index (χ1) is 8.58. The molecule has 2 aliphatic heterocycles. The van der Waals surface area contributed by atoms with Gasteiger partial charge in [0.05, 0.1) is 29.8 Å². The number of fused-ring (bicyclic) bond motifs is 2. The molecular formula is C11H15NO4S2. The van der Waals surface area contributed by atoms with Gasteiger partial charge in [-0.25, -0.2) is 13.1 Å². The largest absolute Gasteiger partial charge is 0.391 e. The molecule has 0 radical (unpaired) electrons. The topological polar surface area (TPSA) is 75.6 Å². The van der Waals surface area contributed by atoms with Gasteiger partial charge in [-0.3, -0.25) is 0 Å². The molecule has 3 rings (SSSR count). The summed E-state index contributed by atoms with van der Waals surface area (Å²) in [6, 6.07) is 1.41. The Morgan fingerprint density at radius 3 is 2.89 bits per heavy atom. The maximum absolute atomic E-state index is 12.2. The predicted molar refractivity (Wildman–Crippen MR) is 66.9 cm³/mol. The number of ether oxygens (including phenoxy) is 1. The molecule has 2 bridgehead atoms. The third kappa shape index (κ3) is 2.21. The first kappa shape index (κ1) is 12.6. The number of thiophene rings is 1. The fourth-order valence-electron chi connectivity index (χ4n) is 2.61. The molecule has 5 nitrogen and oxygen atoms in total. The normalized spacial score (nSPS) is 31.1. The molecule has 0 saturated carbocycles. The van der Waals surface area contributed by atoms with Gasteiger partial charge in [-0.05, 0) is 25.3 Å². The quantitative estimate of drug-likeness (QED) is 0.861. The van der Waals surface area contributed by atoms with Gasteiger partial charge in [-0.15, -0.1) is 11.3 Å². The molecule has 18 heavy (non-hydrogen) atoms. The van der Waals surface area contributed by atoms with Crippen LogP contribution in [0, 0.1) is 0 Å². The minimum absolute atomic E-state index is 0.0284. The lowest BCUT2D eigenvalue weighted by atomic mass is 9.96. The van der Waals surface area contributed by atoms with Crippen molar-refractivity contribution in [1.29, 1.82) is 0 Å². The second-order valence-electron chi connectivity index (χ2n) is 4.74. The predicted octanol–water partition coefficient (Wildman–Crippen LogP) is 0.839. The fourth-order valence-corrected chi connectivity index (χ4v) is 5.02. The molecule has 2 aliphatic rings. The Hall–Kier alpha value is -0.470. The average molecular weight is 289 g/mol. The molecule has 0 spiro atoms. The molecule has 3 heterocycles. The highest BCUT2D eigenvalue weighted by atomic mass is 32.2. The van der Waals surface area contributed by atoms with Crippen LogP contribution in [-0.4, -0.2) is 31.8 Å². The van der Waals surface area contributed by atoms with Crippen LogP contribution < -0.4 is 4.72 Å². The van der Waals surface area contributed by atoms with Gasteiger partial charge in [0.25, 0.3) is 0 Å². The van der Waals surface area contributed by atoms with Gasteiger partial charge < -0.3 is 9.84 Å². The Labute approximate surface area is 110 Å². The van der Waals surface area contributed by atoms with E-state index in [1.54, 1.807) is 5.38 Å². The summed E-state index contributed by atoms with van der Waals surface area (Å²) in [5.41, 5.74) is 0. The van der Waals surface area contributed by atoms with Crippen LogP contribution in [0.25, 0.3) is 0 Å². The summed E-state index contributed by atoms with van der Waals surface area (Å²) < 4.78 is 32.6. The van der Waals surface area contributed by atoms with Crippen LogP contribution in [0.3, 0.4) is 0 Å². The zero-order valence-corrected chi connectivity index (χ0v) is 11.3. The van der Waals surface area contributed by atoms with Crippen molar-refractivity contribution >= 4 is 21.4 Å². The highest BCUT2D eigenvalue weighted by Gasteiger charge is 2.42. The van der Waals surface area contributed by atoms with E-state index in [1.807, 2.05) is 0 Å². The number of hydrogen-bond acceptors (Lipinski definition) is 5.